The second-order valence-corrected chi connectivity index (χ2v) is 5.85. The van der Waals surface area contributed by atoms with Crippen LogP contribution >= 0.6 is 0 Å². The molecule has 0 unspecified atom stereocenters. The van der Waals surface area contributed by atoms with Gasteiger partial charge in [-0.2, -0.15) is 0 Å². The Morgan fingerprint density at radius 3 is 2.42 bits per heavy atom. The van der Waals surface area contributed by atoms with Gasteiger partial charge in [0.05, 0.1) is 6.61 Å². The first kappa shape index (κ1) is 16.9. The molecule has 1 rings (SSSR count). The molecular formula is C16H34N2O. The van der Waals surface area contributed by atoms with Crippen LogP contribution in [-0.2, 0) is 4.74 Å². The zero-order valence-corrected chi connectivity index (χ0v) is 13.3. The summed E-state index contributed by atoms with van der Waals surface area (Å²) in [5, 5.41) is 3.65. The van der Waals surface area contributed by atoms with E-state index in [1.807, 2.05) is 0 Å². The molecule has 1 fully saturated rings. The summed E-state index contributed by atoms with van der Waals surface area (Å²) in [6, 6.07) is 0.712. The third kappa shape index (κ3) is 6.73. The molecule has 114 valence electrons. The van der Waals surface area contributed by atoms with Crippen LogP contribution in [0.4, 0.5) is 0 Å². The number of methoxy groups -OCH3 is 1. The molecule has 1 saturated carbocycles. The Hall–Kier alpha value is -0.120. The Balaban J connectivity index is 2.18. The van der Waals surface area contributed by atoms with Gasteiger partial charge >= 0.3 is 0 Å². The number of nitrogens with zero attached hydrogens (tertiary/aromatic N) is 1. The van der Waals surface area contributed by atoms with Gasteiger partial charge in [-0.1, -0.05) is 26.7 Å². The molecule has 3 nitrogen and oxygen atoms in total. The van der Waals surface area contributed by atoms with Crippen LogP contribution in [0, 0.1) is 5.92 Å². The molecule has 0 atom stereocenters. The molecule has 0 bridgehead atoms. The first-order valence-electron chi connectivity index (χ1n) is 8.25. The predicted molar refractivity (Wildman–Crippen MR) is 82.6 cm³/mol. The van der Waals surface area contributed by atoms with E-state index >= 15 is 0 Å². The number of nitrogens with one attached hydrogen (secondary N) is 1. The van der Waals surface area contributed by atoms with E-state index in [0.717, 1.165) is 32.2 Å². The summed E-state index contributed by atoms with van der Waals surface area (Å²) in [7, 11) is 1.80. The zero-order chi connectivity index (χ0) is 13.9. The van der Waals surface area contributed by atoms with Crippen molar-refractivity contribution in [3.05, 3.63) is 0 Å². The maximum Gasteiger partial charge on any atom is 0.0589 e. The van der Waals surface area contributed by atoms with Crippen LogP contribution < -0.4 is 5.32 Å². The second kappa shape index (κ2) is 10.6. The Kier molecular flexibility index (Phi) is 9.48. The van der Waals surface area contributed by atoms with Crippen molar-refractivity contribution in [3.63, 3.8) is 0 Å². The van der Waals surface area contributed by atoms with Crippen LogP contribution in [0.3, 0.4) is 0 Å². The summed E-state index contributed by atoms with van der Waals surface area (Å²) < 4.78 is 5.24. The van der Waals surface area contributed by atoms with Crippen molar-refractivity contribution in [2.75, 3.05) is 39.9 Å². The molecule has 0 saturated heterocycles. The van der Waals surface area contributed by atoms with Gasteiger partial charge < -0.3 is 10.1 Å². The van der Waals surface area contributed by atoms with Crippen LogP contribution in [0.25, 0.3) is 0 Å². The molecule has 0 heterocycles. The quantitative estimate of drug-likeness (QED) is 0.584. The summed E-state index contributed by atoms with van der Waals surface area (Å²) in [6.07, 6.45) is 8.24. The lowest BCUT2D eigenvalue weighted by Gasteiger charge is -2.30. The van der Waals surface area contributed by atoms with E-state index in [1.165, 1.54) is 45.1 Å². The van der Waals surface area contributed by atoms with E-state index in [4.69, 9.17) is 4.74 Å². The lowest BCUT2D eigenvalue weighted by Crippen LogP contribution is -2.41. The molecule has 0 radical (unpaired) electrons. The molecule has 0 aliphatic heterocycles. The molecule has 1 N–H and O–H groups in total. The van der Waals surface area contributed by atoms with E-state index in [9.17, 15) is 0 Å². The molecule has 19 heavy (non-hydrogen) atoms. The third-order valence-corrected chi connectivity index (χ3v) is 4.53. The lowest BCUT2D eigenvalue weighted by molar-refractivity contribution is 0.115. The van der Waals surface area contributed by atoms with E-state index < -0.39 is 0 Å². The molecule has 0 amide bonds. The Bertz CT molecular complexity index is 201. The Morgan fingerprint density at radius 1 is 1.16 bits per heavy atom. The van der Waals surface area contributed by atoms with Crippen molar-refractivity contribution < 1.29 is 4.74 Å². The van der Waals surface area contributed by atoms with Gasteiger partial charge in [-0.3, -0.25) is 4.90 Å². The largest absolute Gasteiger partial charge is 0.383 e. The maximum atomic E-state index is 5.24. The number of rotatable bonds is 11. The fraction of sp³-hybridized carbons (Fsp3) is 1.00. The van der Waals surface area contributed by atoms with Crippen LogP contribution in [0.15, 0.2) is 0 Å². The third-order valence-electron chi connectivity index (χ3n) is 4.53. The highest BCUT2D eigenvalue weighted by Gasteiger charge is 2.16. The van der Waals surface area contributed by atoms with E-state index in [-0.39, 0.29) is 0 Å². The van der Waals surface area contributed by atoms with Crippen molar-refractivity contribution in [3.8, 4) is 0 Å². The Morgan fingerprint density at radius 2 is 1.84 bits per heavy atom. The minimum Gasteiger partial charge on any atom is -0.383 e. The van der Waals surface area contributed by atoms with Crippen LogP contribution in [0.1, 0.15) is 52.4 Å². The van der Waals surface area contributed by atoms with Gasteiger partial charge in [0.2, 0.25) is 0 Å². The SMILES string of the molecule is CCC(CC)N(CCNCC1CCCC1)CCOC. The molecule has 0 spiro atoms. The number of hydrogen-bond acceptors (Lipinski definition) is 3. The van der Waals surface area contributed by atoms with Crippen molar-refractivity contribution in [1.29, 1.82) is 0 Å². The van der Waals surface area contributed by atoms with Crippen molar-refractivity contribution in [2.45, 2.75) is 58.4 Å². The van der Waals surface area contributed by atoms with Crippen molar-refractivity contribution >= 4 is 0 Å². The summed E-state index contributed by atoms with van der Waals surface area (Å²) in [5.41, 5.74) is 0. The van der Waals surface area contributed by atoms with E-state index in [0.29, 0.717) is 6.04 Å². The van der Waals surface area contributed by atoms with Crippen LogP contribution in [0.2, 0.25) is 0 Å². The van der Waals surface area contributed by atoms with Crippen molar-refractivity contribution in [2.24, 2.45) is 5.92 Å². The lowest BCUT2D eigenvalue weighted by atomic mass is 10.1. The van der Waals surface area contributed by atoms with E-state index in [2.05, 4.69) is 24.1 Å². The predicted octanol–water partition coefficient (Wildman–Crippen LogP) is 2.90. The highest BCUT2D eigenvalue weighted by atomic mass is 16.5. The summed E-state index contributed by atoms with van der Waals surface area (Å²) in [4.78, 5) is 2.59. The standard InChI is InChI=1S/C16H34N2O/c1-4-16(5-2)18(12-13-19-3)11-10-17-14-15-8-6-7-9-15/h15-17H,4-14H2,1-3H3. The molecule has 0 aromatic carbocycles. The second-order valence-electron chi connectivity index (χ2n) is 5.85. The maximum absolute atomic E-state index is 5.24. The van der Waals surface area contributed by atoms with Crippen LogP contribution in [0.5, 0.6) is 0 Å². The molecule has 0 aromatic heterocycles. The highest BCUT2D eigenvalue weighted by Crippen LogP contribution is 2.23. The van der Waals surface area contributed by atoms with E-state index in [1.54, 1.807) is 7.11 Å². The smallest absolute Gasteiger partial charge is 0.0589 e. The molecular weight excluding hydrogens is 236 g/mol. The summed E-state index contributed by atoms with van der Waals surface area (Å²) >= 11 is 0. The van der Waals surface area contributed by atoms with Gasteiger partial charge in [-0.25, -0.2) is 0 Å². The Labute approximate surface area is 120 Å². The number of hydrogen-bond donors (Lipinski definition) is 1. The molecule has 0 aromatic rings. The minimum atomic E-state index is 0.712. The minimum absolute atomic E-state index is 0.712. The molecule has 3 heteroatoms. The zero-order valence-electron chi connectivity index (χ0n) is 13.3. The van der Waals surface area contributed by atoms with Crippen LogP contribution in [-0.4, -0.2) is 50.8 Å². The topological polar surface area (TPSA) is 24.5 Å². The number of ether oxygens (including phenoxy) is 1. The highest BCUT2D eigenvalue weighted by molar-refractivity contribution is 4.72. The first-order chi connectivity index (χ1) is 9.31. The monoisotopic (exact) mass is 270 g/mol. The summed E-state index contributed by atoms with van der Waals surface area (Å²) in [5.74, 6) is 0.945. The first-order valence-corrected chi connectivity index (χ1v) is 8.25. The average Bonchev–Trinajstić information content (AvgIpc) is 2.94. The molecule has 1 aliphatic carbocycles. The van der Waals surface area contributed by atoms with Gasteiger partial charge in [0.25, 0.3) is 0 Å². The fourth-order valence-corrected chi connectivity index (χ4v) is 3.23. The van der Waals surface area contributed by atoms with Gasteiger partial charge in [-0.05, 0) is 38.1 Å². The van der Waals surface area contributed by atoms with Gasteiger partial charge in [0, 0.05) is 32.8 Å². The summed E-state index contributed by atoms with van der Waals surface area (Å²) in [6.45, 7) is 9.99. The van der Waals surface area contributed by atoms with Gasteiger partial charge in [0.15, 0.2) is 0 Å². The van der Waals surface area contributed by atoms with Crippen molar-refractivity contribution in [1.82, 2.24) is 10.2 Å². The van der Waals surface area contributed by atoms with Gasteiger partial charge in [0.1, 0.15) is 0 Å². The fourth-order valence-electron chi connectivity index (χ4n) is 3.23. The average molecular weight is 270 g/mol. The molecule has 1 aliphatic rings. The normalized spacial score (nSPS) is 16.9. The van der Waals surface area contributed by atoms with Gasteiger partial charge in [-0.15, -0.1) is 0 Å².